The van der Waals surface area contributed by atoms with Crippen LogP contribution in [0, 0.1) is 0 Å². The molecule has 0 amide bonds. The number of rotatable bonds is 23. The van der Waals surface area contributed by atoms with Gasteiger partial charge in [-0.1, -0.05) is 70.6 Å². The van der Waals surface area contributed by atoms with Crippen molar-refractivity contribution < 1.29 is 19.8 Å². The van der Waals surface area contributed by atoms with Gasteiger partial charge in [0, 0.05) is 51.4 Å². The smallest absolute Gasteiger partial charge is 0.303 e. The van der Waals surface area contributed by atoms with E-state index in [2.05, 4.69) is 40.1 Å². The van der Waals surface area contributed by atoms with Gasteiger partial charge in [-0.15, -0.1) is 0 Å². The minimum atomic E-state index is -0.695. The van der Waals surface area contributed by atoms with Gasteiger partial charge in [-0.25, -0.2) is 9.97 Å². The first-order chi connectivity index (χ1) is 20.8. The molecule has 3 aromatic rings. The van der Waals surface area contributed by atoms with Crippen molar-refractivity contribution in [2.45, 2.75) is 109 Å². The number of nitrogens with zero attached hydrogens (tertiary/aromatic N) is 4. The van der Waals surface area contributed by atoms with Crippen LogP contribution >= 0.6 is 0 Å². The van der Waals surface area contributed by atoms with Gasteiger partial charge < -0.3 is 20.0 Å². The third-order valence-corrected chi connectivity index (χ3v) is 8.17. The minimum Gasteiger partial charge on any atom is -0.481 e. The molecule has 0 aliphatic rings. The van der Waals surface area contributed by atoms with E-state index in [0.29, 0.717) is 0 Å². The molecule has 3 rings (SSSR count). The summed E-state index contributed by atoms with van der Waals surface area (Å²) in [5.74, 6) is -1.39. The average Bonchev–Trinajstić information content (AvgIpc) is 2.98. The summed E-state index contributed by atoms with van der Waals surface area (Å²) in [5, 5.41) is 17.6. The lowest BCUT2D eigenvalue weighted by atomic mass is 10.1. The second-order valence-electron chi connectivity index (χ2n) is 12.0. The van der Waals surface area contributed by atoms with Crippen LogP contribution in [-0.2, 0) is 9.59 Å². The van der Waals surface area contributed by atoms with Crippen molar-refractivity contribution in [3.05, 3.63) is 36.4 Å². The Kier molecular flexibility index (Phi) is 15.0. The minimum absolute atomic E-state index is 0.282. The fraction of sp³-hybridized carbons (Fsp3) is 0.600. The van der Waals surface area contributed by atoms with Crippen molar-refractivity contribution in [2.24, 2.45) is 0 Å². The summed E-state index contributed by atoms with van der Waals surface area (Å²) in [5.41, 5.74) is 5.98. The normalized spacial score (nSPS) is 11.3. The number of carboxylic acids is 2. The maximum Gasteiger partial charge on any atom is 0.303 e. The van der Waals surface area contributed by atoms with E-state index < -0.39 is 11.9 Å². The van der Waals surface area contributed by atoms with E-state index >= 15 is 0 Å². The average molecular weight is 593 g/mol. The van der Waals surface area contributed by atoms with Crippen LogP contribution in [0.15, 0.2) is 36.4 Å². The Balaban J connectivity index is 1.54. The monoisotopic (exact) mass is 592 g/mol. The number of unbranched alkanes of at least 4 members (excludes halogenated alkanes) is 13. The van der Waals surface area contributed by atoms with Gasteiger partial charge in [0.2, 0.25) is 0 Å². The third-order valence-electron chi connectivity index (χ3n) is 8.17. The molecule has 0 aliphatic carbocycles. The first kappa shape index (κ1) is 34.1. The molecular formula is C35H52N4O4. The maximum atomic E-state index is 10.7. The molecule has 0 saturated carbocycles. The van der Waals surface area contributed by atoms with E-state index in [9.17, 15) is 9.59 Å². The molecule has 1 heterocycles. The molecule has 0 unspecified atom stereocenters. The Bertz CT molecular complexity index is 1280. The molecule has 43 heavy (non-hydrogen) atoms. The first-order valence-corrected chi connectivity index (χ1v) is 16.4. The number of hydrogen-bond donors (Lipinski definition) is 2. The van der Waals surface area contributed by atoms with Gasteiger partial charge in [0.25, 0.3) is 0 Å². The Morgan fingerprint density at radius 3 is 1.35 bits per heavy atom. The number of aromatic nitrogens is 2. The molecule has 2 aromatic carbocycles. The van der Waals surface area contributed by atoms with Crippen molar-refractivity contribution >= 4 is 45.4 Å². The summed E-state index contributed by atoms with van der Waals surface area (Å²) in [6.07, 6.45) is 17.1. The molecule has 0 bridgehead atoms. The lowest BCUT2D eigenvalue weighted by Crippen LogP contribution is -2.25. The van der Waals surface area contributed by atoms with E-state index in [1.165, 1.54) is 50.6 Å². The molecule has 0 aliphatic heterocycles. The number of fused-ring (bicyclic) bond motifs is 2. The predicted octanol–water partition coefficient (Wildman–Crippen LogP) is 8.46. The zero-order valence-electron chi connectivity index (χ0n) is 26.4. The van der Waals surface area contributed by atoms with Crippen molar-refractivity contribution in [1.82, 2.24) is 9.97 Å². The Morgan fingerprint density at radius 2 is 0.907 bits per heavy atom. The highest BCUT2D eigenvalue weighted by Crippen LogP contribution is 2.25. The van der Waals surface area contributed by atoms with Crippen LogP contribution in [-0.4, -0.2) is 59.3 Å². The molecule has 0 atom stereocenters. The van der Waals surface area contributed by atoms with Gasteiger partial charge in [0.1, 0.15) is 0 Å². The summed E-state index contributed by atoms with van der Waals surface area (Å²) in [4.78, 5) is 35.8. The number of aliphatic carboxylic acids is 2. The Hall–Kier alpha value is -3.42. The lowest BCUT2D eigenvalue weighted by Gasteiger charge is -2.25. The van der Waals surface area contributed by atoms with E-state index in [-0.39, 0.29) is 12.8 Å². The zero-order valence-corrected chi connectivity index (χ0v) is 26.4. The number of hydrogen-bond acceptors (Lipinski definition) is 6. The van der Waals surface area contributed by atoms with Crippen molar-refractivity contribution in [3.63, 3.8) is 0 Å². The summed E-state index contributed by atoms with van der Waals surface area (Å²) in [6, 6.07) is 12.7. The fourth-order valence-corrected chi connectivity index (χ4v) is 5.60. The molecule has 0 fully saturated rings. The van der Waals surface area contributed by atoms with Gasteiger partial charge in [0.05, 0.1) is 22.1 Å². The molecule has 8 heteroatoms. The summed E-state index contributed by atoms with van der Waals surface area (Å²) in [6.45, 7) is 2.03. The molecule has 0 radical (unpaired) electrons. The van der Waals surface area contributed by atoms with Crippen LogP contribution in [0.2, 0.25) is 0 Å². The van der Waals surface area contributed by atoms with Crippen molar-refractivity contribution in [2.75, 3.05) is 37.0 Å². The van der Waals surface area contributed by atoms with E-state index in [1.807, 2.05) is 20.2 Å². The van der Waals surface area contributed by atoms with Gasteiger partial charge in [-0.2, -0.15) is 0 Å². The van der Waals surface area contributed by atoms with Crippen LogP contribution in [0.5, 0.6) is 0 Å². The molecule has 0 saturated heterocycles. The fourth-order valence-electron chi connectivity index (χ4n) is 5.60. The second-order valence-corrected chi connectivity index (χ2v) is 12.0. The second kappa shape index (κ2) is 19.0. The van der Waals surface area contributed by atoms with Crippen molar-refractivity contribution in [3.8, 4) is 0 Å². The van der Waals surface area contributed by atoms with Crippen LogP contribution in [0.4, 0.5) is 11.4 Å². The van der Waals surface area contributed by atoms with Crippen LogP contribution in [0.1, 0.15) is 109 Å². The van der Waals surface area contributed by atoms with Crippen LogP contribution in [0.25, 0.3) is 22.1 Å². The first-order valence-electron chi connectivity index (χ1n) is 16.4. The van der Waals surface area contributed by atoms with E-state index in [0.717, 1.165) is 92.2 Å². The van der Waals surface area contributed by atoms with Crippen LogP contribution in [0.3, 0.4) is 0 Å². The molecule has 236 valence electrons. The predicted molar refractivity (Wildman–Crippen MR) is 177 cm³/mol. The van der Waals surface area contributed by atoms with Gasteiger partial charge >= 0.3 is 11.9 Å². The van der Waals surface area contributed by atoms with E-state index in [1.54, 1.807) is 0 Å². The largest absolute Gasteiger partial charge is 0.481 e. The van der Waals surface area contributed by atoms with Crippen LogP contribution < -0.4 is 9.80 Å². The van der Waals surface area contributed by atoms with Crippen molar-refractivity contribution in [1.29, 1.82) is 0 Å². The van der Waals surface area contributed by atoms with Gasteiger partial charge in [0.15, 0.2) is 0 Å². The highest BCUT2D eigenvalue weighted by atomic mass is 16.4. The zero-order chi connectivity index (χ0) is 30.9. The molecule has 1 aromatic heterocycles. The number of benzene rings is 2. The Morgan fingerprint density at radius 1 is 0.535 bits per heavy atom. The van der Waals surface area contributed by atoms with Gasteiger partial charge in [-0.05, 0) is 62.1 Å². The quantitative estimate of drug-likeness (QED) is 0.0834. The highest BCUT2D eigenvalue weighted by Gasteiger charge is 2.10. The van der Waals surface area contributed by atoms with E-state index in [4.69, 9.17) is 20.2 Å². The molecule has 2 N–H and O–H groups in total. The summed E-state index contributed by atoms with van der Waals surface area (Å²) >= 11 is 0. The SMILES string of the molecule is CN(C)c1ccc2nc3ccc(N(CCCCCCCCCCC(=O)O)CCCCCCCCCC(=O)O)cc3nc2c1. The Labute approximate surface area is 257 Å². The molecular weight excluding hydrogens is 540 g/mol. The lowest BCUT2D eigenvalue weighted by molar-refractivity contribution is -0.138. The highest BCUT2D eigenvalue weighted by molar-refractivity contribution is 5.89. The number of anilines is 2. The van der Waals surface area contributed by atoms with Gasteiger partial charge in [-0.3, -0.25) is 9.59 Å². The number of carboxylic acid groups (broad SMARTS) is 2. The topological polar surface area (TPSA) is 107 Å². The molecule has 8 nitrogen and oxygen atoms in total. The molecule has 0 spiro atoms. The standard InChI is InChI=1S/C35H52N4O4/c1-38(2)28-20-22-30-32(26-28)37-33-27-29(21-23-31(33)36-30)39(25-17-13-9-5-7-11-15-19-35(42)43)24-16-12-8-4-3-6-10-14-18-34(40)41/h20-23,26-27H,3-19,24-25H2,1-2H3,(H,40,41)(H,42,43). The maximum absolute atomic E-state index is 10.7. The summed E-state index contributed by atoms with van der Waals surface area (Å²) < 4.78 is 0. The number of carbonyl (C=O) groups is 2. The summed E-state index contributed by atoms with van der Waals surface area (Å²) in [7, 11) is 4.07. The third kappa shape index (κ3) is 12.8.